The van der Waals surface area contributed by atoms with Crippen LogP contribution in [0.1, 0.15) is 83.6 Å². The summed E-state index contributed by atoms with van der Waals surface area (Å²) >= 11 is 0. The molecule has 0 N–H and O–H groups in total. The smallest absolute Gasteiger partial charge is 0.0307 e. The molecule has 0 heterocycles. The van der Waals surface area contributed by atoms with Crippen LogP contribution in [0.4, 0.5) is 0 Å². The topological polar surface area (TPSA) is 0 Å². The van der Waals surface area contributed by atoms with E-state index < -0.39 is 0 Å². The van der Waals surface area contributed by atoms with E-state index in [0.29, 0.717) is 5.92 Å². The molecule has 0 aliphatic rings. The number of hydrogen-bond acceptors (Lipinski definition) is 0. The fourth-order valence-corrected chi connectivity index (χ4v) is 5.78. The number of fused-ring (bicyclic) bond motifs is 2. The Morgan fingerprint density at radius 3 is 1.35 bits per heavy atom. The van der Waals surface area contributed by atoms with Crippen molar-refractivity contribution >= 4 is 31.1 Å². The Labute approximate surface area is 301 Å². The maximum Gasteiger partial charge on any atom is 0.0307 e. The van der Waals surface area contributed by atoms with Gasteiger partial charge in [-0.05, 0) is 39.0 Å². The Kier molecular flexibility index (Phi) is 13.0. The van der Waals surface area contributed by atoms with E-state index in [-0.39, 0.29) is 36.7 Å². The van der Waals surface area contributed by atoms with Crippen LogP contribution in [0.3, 0.4) is 0 Å². The molecule has 238 valence electrons. The van der Waals surface area contributed by atoms with Crippen molar-refractivity contribution < 1.29 is 25.8 Å². The maximum atomic E-state index is 2.35. The third-order valence-electron chi connectivity index (χ3n) is 8.46. The van der Waals surface area contributed by atoms with Crippen LogP contribution in [0, 0.1) is 6.92 Å². The standard InChI is InChI=1S/C22H25.C20H21.C2H6Si.Hf/c1-15(2)18-13-17-7-6-8-20(21(17)14-18)16-9-11-19(12-10-16)22(3,4)5;1-14-12-16-6-5-7-18(19(16)13-14)15-8-10-17(11-9-15)20(2,3)4;1-3-2;/h6-15H,1-5H3;5-13H,1-4H3;1-2H3;/q2*-1;;. The van der Waals surface area contributed by atoms with Crippen molar-refractivity contribution in [2.45, 2.75) is 92.2 Å². The maximum absolute atomic E-state index is 2.35. The van der Waals surface area contributed by atoms with Crippen LogP contribution in [0.5, 0.6) is 0 Å². The first kappa shape index (κ1) is 37.6. The van der Waals surface area contributed by atoms with Crippen molar-refractivity contribution in [3.63, 3.8) is 0 Å². The molecule has 0 saturated carbocycles. The predicted molar refractivity (Wildman–Crippen MR) is 204 cm³/mol. The van der Waals surface area contributed by atoms with Gasteiger partial charge in [-0.2, -0.15) is 12.1 Å². The van der Waals surface area contributed by atoms with Crippen LogP contribution in [0.25, 0.3) is 43.8 Å². The van der Waals surface area contributed by atoms with Crippen LogP contribution >= 0.6 is 0 Å². The van der Waals surface area contributed by atoms with E-state index in [2.05, 4.69) is 185 Å². The molecule has 6 rings (SSSR count). The van der Waals surface area contributed by atoms with Gasteiger partial charge in [-0.15, -0.1) is 69.1 Å². The van der Waals surface area contributed by atoms with Gasteiger partial charge in [-0.3, -0.25) is 0 Å². The Morgan fingerprint density at radius 2 is 0.957 bits per heavy atom. The quantitative estimate of drug-likeness (QED) is 0.124. The fourth-order valence-electron chi connectivity index (χ4n) is 5.78. The molecule has 0 unspecified atom stereocenters. The third-order valence-corrected chi connectivity index (χ3v) is 8.46. The Morgan fingerprint density at radius 1 is 0.565 bits per heavy atom. The summed E-state index contributed by atoms with van der Waals surface area (Å²) in [4.78, 5) is 0. The van der Waals surface area contributed by atoms with Crippen molar-refractivity contribution in [2.75, 3.05) is 0 Å². The molecule has 0 bridgehead atoms. The van der Waals surface area contributed by atoms with Gasteiger partial charge in [0.2, 0.25) is 0 Å². The second-order valence-electron chi connectivity index (χ2n) is 14.7. The van der Waals surface area contributed by atoms with Gasteiger partial charge in [0.1, 0.15) is 0 Å². The molecule has 6 aromatic rings. The van der Waals surface area contributed by atoms with Crippen molar-refractivity contribution in [3.8, 4) is 22.3 Å². The van der Waals surface area contributed by atoms with Crippen LogP contribution in [-0.4, -0.2) is 9.52 Å². The van der Waals surface area contributed by atoms with Gasteiger partial charge in [0, 0.05) is 35.4 Å². The largest absolute Gasteiger partial charge is 0.165 e. The monoisotopic (exact) mass is 788 g/mol. The van der Waals surface area contributed by atoms with E-state index in [1.807, 2.05) is 0 Å². The van der Waals surface area contributed by atoms with Gasteiger partial charge < -0.3 is 0 Å². The zero-order valence-electron chi connectivity index (χ0n) is 30.0. The molecule has 46 heavy (non-hydrogen) atoms. The third kappa shape index (κ3) is 9.17. The second-order valence-corrected chi connectivity index (χ2v) is 15.7. The zero-order chi connectivity index (χ0) is 32.9. The summed E-state index contributed by atoms with van der Waals surface area (Å²) in [6.45, 7) is 24.5. The summed E-state index contributed by atoms with van der Waals surface area (Å²) in [7, 11) is 1.08. The first-order valence-electron chi connectivity index (χ1n) is 16.4. The number of rotatable bonds is 3. The summed E-state index contributed by atoms with van der Waals surface area (Å²) in [6.07, 6.45) is 0. The van der Waals surface area contributed by atoms with Crippen molar-refractivity contribution in [1.82, 2.24) is 0 Å². The van der Waals surface area contributed by atoms with Crippen molar-refractivity contribution in [1.29, 1.82) is 0 Å². The number of aryl methyl sites for hydroxylation is 1. The molecule has 0 amide bonds. The van der Waals surface area contributed by atoms with E-state index in [1.54, 1.807) is 0 Å². The molecular formula is C44H52HfSi-2. The van der Waals surface area contributed by atoms with Crippen LogP contribution < -0.4 is 0 Å². The summed E-state index contributed by atoms with van der Waals surface area (Å²) in [6, 6.07) is 40.4. The van der Waals surface area contributed by atoms with Gasteiger partial charge >= 0.3 is 0 Å². The molecule has 0 spiro atoms. The van der Waals surface area contributed by atoms with E-state index in [4.69, 9.17) is 0 Å². The molecule has 0 fully saturated rings. The van der Waals surface area contributed by atoms with Crippen molar-refractivity contribution in [3.05, 3.63) is 131 Å². The molecule has 2 heteroatoms. The molecular weight excluding hydrogens is 735 g/mol. The minimum Gasteiger partial charge on any atom is -0.165 e. The Balaban J connectivity index is 0.000000227. The fraction of sp³-hybridized carbons (Fsp3) is 0.318. The molecule has 0 nitrogen and oxygen atoms in total. The van der Waals surface area contributed by atoms with Gasteiger partial charge in [0.05, 0.1) is 0 Å². The average Bonchev–Trinajstić information content (AvgIpc) is 3.60. The molecule has 0 aliphatic carbocycles. The molecule has 0 aliphatic heterocycles. The second kappa shape index (κ2) is 15.9. The van der Waals surface area contributed by atoms with E-state index in [0.717, 1.165) is 9.52 Å². The molecule has 2 radical (unpaired) electrons. The molecule has 6 aromatic carbocycles. The van der Waals surface area contributed by atoms with Gasteiger partial charge in [-0.1, -0.05) is 147 Å². The number of benzene rings is 4. The van der Waals surface area contributed by atoms with Crippen LogP contribution in [0.2, 0.25) is 13.1 Å². The average molecular weight is 787 g/mol. The van der Waals surface area contributed by atoms with Crippen LogP contribution in [0.15, 0.2) is 109 Å². The first-order valence-corrected chi connectivity index (χ1v) is 18.4. The van der Waals surface area contributed by atoms with E-state index >= 15 is 0 Å². The minimum atomic E-state index is 0. The minimum absolute atomic E-state index is 0. The Bertz CT molecular complexity index is 1810. The predicted octanol–water partition coefficient (Wildman–Crippen LogP) is 13.3. The van der Waals surface area contributed by atoms with Crippen LogP contribution in [-0.2, 0) is 36.7 Å². The summed E-state index contributed by atoms with van der Waals surface area (Å²) < 4.78 is 0. The van der Waals surface area contributed by atoms with Gasteiger partial charge in [-0.25, -0.2) is 0 Å². The van der Waals surface area contributed by atoms with Gasteiger partial charge in [0.25, 0.3) is 0 Å². The summed E-state index contributed by atoms with van der Waals surface area (Å²) in [5.41, 5.74) is 11.2. The zero-order valence-corrected chi connectivity index (χ0v) is 34.6. The summed E-state index contributed by atoms with van der Waals surface area (Å²) in [5, 5.41) is 5.41. The number of hydrogen-bond donors (Lipinski definition) is 0. The van der Waals surface area contributed by atoms with Crippen molar-refractivity contribution in [2.24, 2.45) is 0 Å². The Hall–Kier alpha value is -2.81. The molecule has 0 aromatic heterocycles. The van der Waals surface area contributed by atoms with E-state index in [9.17, 15) is 0 Å². The molecule has 0 saturated heterocycles. The SMILES string of the molecule is CC(C)c1cc2c(-c3ccc(C(C)(C)C)cc3)cccc2[cH-]1.C[Si]C.Cc1cc2c(-c3ccc(C(C)(C)C)cc3)cccc2[cH-]1.[Hf]. The molecule has 0 atom stereocenters. The first-order chi connectivity index (χ1) is 21.2. The normalized spacial score (nSPS) is 11.5. The van der Waals surface area contributed by atoms with Gasteiger partial charge in [0.15, 0.2) is 0 Å². The van der Waals surface area contributed by atoms with E-state index in [1.165, 1.54) is 66.1 Å². The summed E-state index contributed by atoms with van der Waals surface area (Å²) in [5.74, 6) is 0.573.